The van der Waals surface area contributed by atoms with Crippen LogP contribution in [0.2, 0.25) is 0 Å². The molecule has 8 heteroatoms. The molecule has 0 atom stereocenters. The fourth-order valence-corrected chi connectivity index (χ4v) is 2.87. The highest BCUT2D eigenvalue weighted by molar-refractivity contribution is 5.97. The van der Waals surface area contributed by atoms with Crippen molar-refractivity contribution in [3.63, 3.8) is 0 Å². The van der Waals surface area contributed by atoms with Crippen molar-refractivity contribution in [3.05, 3.63) is 60.0 Å². The van der Waals surface area contributed by atoms with E-state index in [1.807, 2.05) is 6.07 Å². The average Bonchev–Trinajstić information content (AvgIpc) is 3.40. The van der Waals surface area contributed by atoms with E-state index in [4.69, 9.17) is 14.0 Å². The molecule has 0 radical (unpaired) electrons. The smallest absolute Gasteiger partial charge is 0.251 e. The number of aromatic nitrogens is 3. The van der Waals surface area contributed by atoms with Gasteiger partial charge in [0.1, 0.15) is 5.69 Å². The van der Waals surface area contributed by atoms with Crippen LogP contribution in [0.5, 0.6) is 11.5 Å². The molecule has 0 unspecified atom stereocenters. The molecule has 4 rings (SSSR count). The Balaban J connectivity index is 1.45. The number of methoxy groups -OCH3 is 2. The molecule has 0 aliphatic carbocycles. The lowest BCUT2D eigenvalue weighted by molar-refractivity contribution is 0.0950. The van der Waals surface area contributed by atoms with Gasteiger partial charge in [0.2, 0.25) is 0 Å². The number of nitrogens with zero attached hydrogens (tertiary/aromatic N) is 2. The number of ether oxygens (including phenoxy) is 2. The van der Waals surface area contributed by atoms with E-state index in [1.54, 1.807) is 56.9 Å². The number of carbonyl (C=O) groups is 1. The molecule has 2 aromatic heterocycles. The number of amides is 1. The third kappa shape index (κ3) is 3.39. The van der Waals surface area contributed by atoms with Crippen LogP contribution in [-0.4, -0.2) is 35.3 Å². The molecule has 0 spiro atoms. The standard InChI is InChI=1S/C20H18N4O4/c1-26-17-6-4-12(8-19(17)27-2)18-9-14(24-28-18)10-21-20(25)13-3-5-15-16(7-13)23-11-22-15/h3-9,11H,10H2,1-2H3,(H,21,25)(H,22,23). The van der Waals surface area contributed by atoms with Crippen LogP contribution in [-0.2, 0) is 6.54 Å². The van der Waals surface area contributed by atoms with Crippen molar-refractivity contribution in [3.8, 4) is 22.8 Å². The molecule has 8 nitrogen and oxygen atoms in total. The number of hydrogen-bond donors (Lipinski definition) is 2. The highest BCUT2D eigenvalue weighted by Crippen LogP contribution is 2.32. The Morgan fingerprint density at radius 1 is 1.11 bits per heavy atom. The summed E-state index contributed by atoms with van der Waals surface area (Å²) >= 11 is 0. The largest absolute Gasteiger partial charge is 0.493 e. The Hall–Kier alpha value is -3.81. The number of imidazole rings is 1. The van der Waals surface area contributed by atoms with Gasteiger partial charge in [0, 0.05) is 17.2 Å². The second-order valence-electron chi connectivity index (χ2n) is 6.07. The molecule has 0 fully saturated rings. The number of benzene rings is 2. The molecular weight excluding hydrogens is 360 g/mol. The van der Waals surface area contributed by atoms with Gasteiger partial charge in [-0.1, -0.05) is 5.16 Å². The summed E-state index contributed by atoms with van der Waals surface area (Å²) in [6.07, 6.45) is 1.59. The first-order chi connectivity index (χ1) is 13.7. The summed E-state index contributed by atoms with van der Waals surface area (Å²) in [4.78, 5) is 19.5. The minimum absolute atomic E-state index is 0.202. The second kappa shape index (κ2) is 7.43. The molecule has 2 aromatic carbocycles. The number of aromatic amines is 1. The zero-order chi connectivity index (χ0) is 19.5. The highest BCUT2D eigenvalue weighted by atomic mass is 16.5. The van der Waals surface area contributed by atoms with Crippen molar-refractivity contribution in [2.24, 2.45) is 0 Å². The van der Waals surface area contributed by atoms with Crippen LogP contribution in [0, 0.1) is 0 Å². The molecule has 142 valence electrons. The van der Waals surface area contributed by atoms with Crippen LogP contribution in [0.1, 0.15) is 16.1 Å². The van der Waals surface area contributed by atoms with Crippen molar-refractivity contribution in [1.82, 2.24) is 20.4 Å². The SMILES string of the molecule is COc1ccc(-c2cc(CNC(=O)c3ccc4nc[nH]c4c3)no2)cc1OC. The van der Waals surface area contributed by atoms with Crippen LogP contribution in [0.25, 0.3) is 22.4 Å². The summed E-state index contributed by atoms with van der Waals surface area (Å²) < 4.78 is 15.9. The number of carbonyl (C=O) groups excluding carboxylic acids is 1. The summed E-state index contributed by atoms with van der Waals surface area (Å²) in [7, 11) is 3.15. The Morgan fingerprint density at radius 3 is 2.79 bits per heavy atom. The summed E-state index contributed by atoms with van der Waals surface area (Å²) in [5.74, 6) is 1.60. The fourth-order valence-electron chi connectivity index (χ4n) is 2.87. The molecule has 0 aliphatic heterocycles. The van der Waals surface area contributed by atoms with Gasteiger partial charge in [-0.15, -0.1) is 0 Å². The lowest BCUT2D eigenvalue weighted by Gasteiger charge is -2.07. The number of nitrogens with one attached hydrogen (secondary N) is 2. The minimum Gasteiger partial charge on any atom is -0.493 e. The monoisotopic (exact) mass is 378 g/mol. The molecule has 28 heavy (non-hydrogen) atoms. The Kier molecular flexibility index (Phi) is 4.67. The van der Waals surface area contributed by atoms with Crippen LogP contribution < -0.4 is 14.8 Å². The summed E-state index contributed by atoms with van der Waals surface area (Å²) in [5, 5.41) is 6.86. The van der Waals surface area contributed by atoms with E-state index in [-0.39, 0.29) is 12.5 Å². The maximum Gasteiger partial charge on any atom is 0.251 e. The van der Waals surface area contributed by atoms with Crippen molar-refractivity contribution in [2.75, 3.05) is 14.2 Å². The quantitative estimate of drug-likeness (QED) is 0.534. The van der Waals surface area contributed by atoms with Gasteiger partial charge in [-0.25, -0.2) is 4.98 Å². The summed E-state index contributed by atoms with van der Waals surface area (Å²) in [6, 6.07) is 12.5. The lowest BCUT2D eigenvalue weighted by atomic mass is 10.1. The van der Waals surface area contributed by atoms with Gasteiger partial charge >= 0.3 is 0 Å². The number of fused-ring (bicyclic) bond motifs is 1. The first-order valence-electron chi connectivity index (χ1n) is 8.57. The Labute approximate surface area is 160 Å². The van der Waals surface area contributed by atoms with E-state index in [0.29, 0.717) is 28.5 Å². The lowest BCUT2D eigenvalue weighted by Crippen LogP contribution is -2.22. The molecule has 0 saturated heterocycles. The predicted molar refractivity (Wildman–Crippen MR) is 102 cm³/mol. The molecule has 0 aliphatic rings. The van der Waals surface area contributed by atoms with E-state index in [2.05, 4.69) is 20.4 Å². The third-order valence-corrected chi connectivity index (χ3v) is 4.34. The molecule has 1 amide bonds. The van der Waals surface area contributed by atoms with Crippen LogP contribution in [0.15, 0.2) is 53.3 Å². The first kappa shape index (κ1) is 17.6. The number of H-pyrrole nitrogens is 1. The molecule has 4 aromatic rings. The summed E-state index contributed by atoms with van der Waals surface area (Å²) in [6.45, 7) is 0.247. The topological polar surface area (TPSA) is 102 Å². The number of rotatable bonds is 6. The van der Waals surface area contributed by atoms with Crippen LogP contribution >= 0.6 is 0 Å². The summed E-state index contributed by atoms with van der Waals surface area (Å²) in [5.41, 5.74) is 3.57. The van der Waals surface area contributed by atoms with E-state index in [1.165, 1.54) is 0 Å². The van der Waals surface area contributed by atoms with E-state index in [9.17, 15) is 4.79 Å². The highest BCUT2D eigenvalue weighted by Gasteiger charge is 2.12. The van der Waals surface area contributed by atoms with Gasteiger partial charge in [0.25, 0.3) is 5.91 Å². The van der Waals surface area contributed by atoms with Gasteiger partial charge in [0.05, 0.1) is 38.1 Å². The van der Waals surface area contributed by atoms with Gasteiger partial charge in [0.15, 0.2) is 17.3 Å². The van der Waals surface area contributed by atoms with Crippen molar-refractivity contribution >= 4 is 16.9 Å². The second-order valence-corrected chi connectivity index (χ2v) is 6.07. The van der Waals surface area contributed by atoms with E-state index in [0.717, 1.165) is 16.6 Å². The molecule has 0 saturated carbocycles. The van der Waals surface area contributed by atoms with Crippen molar-refractivity contribution in [2.45, 2.75) is 6.54 Å². The van der Waals surface area contributed by atoms with Crippen LogP contribution in [0.4, 0.5) is 0 Å². The molecule has 0 bridgehead atoms. The molecular formula is C20H18N4O4. The predicted octanol–water partition coefficient (Wildman–Crippen LogP) is 3.17. The van der Waals surface area contributed by atoms with Gasteiger partial charge < -0.3 is 24.3 Å². The van der Waals surface area contributed by atoms with Gasteiger partial charge in [-0.3, -0.25) is 4.79 Å². The first-order valence-corrected chi connectivity index (χ1v) is 8.57. The Bertz CT molecular complexity index is 1130. The van der Waals surface area contributed by atoms with Crippen molar-refractivity contribution in [1.29, 1.82) is 0 Å². The molecule has 2 heterocycles. The average molecular weight is 378 g/mol. The fraction of sp³-hybridized carbons (Fsp3) is 0.150. The normalized spacial score (nSPS) is 10.8. The minimum atomic E-state index is -0.202. The maximum atomic E-state index is 12.4. The zero-order valence-electron chi connectivity index (χ0n) is 15.4. The zero-order valence-corrected chi connectivity index (χ0v) is 15.4. The van der Waals surface area contributed by atoms with Crippen LogP contribution in [0.3, 0.4) is 0 Å². The maximum absolute atomic E-state index is 12.4. The van der Waals surface area contributed by atoms with Crippen molar-refractivity contribution < 1.29 is 18.8 Å². The van der Waals surface area contributed by atoms with Gasteiger partial charge in [-0.2, -0.15) is 0 Å². The third-order valence-electron chi connectivity index (χ3n) is 4.34. The van der Waals surface area contributed by atoms with E-state index >= 15 is 0 Å². The van der Waals surface area contributed by atoms with Gasteiger partial charge in [-0.05, 0) is 36.4 Å². The molecule has 2 N–H and O–H groups in total. The Morgan fingerprint density at radius 2 is 1.96 bits per heavy atom. The van der Waals surface area contributed by atoms with E-state index < -0.39 is 0 Å². The number of hydrogen-bond acceptors (Lipinski definition) is 6.